The molecule has 0 bridgehead atoms. The van der Waals surface area contributed by atoms with Crippen LogP contribution in [0.1, 0.15) is 13.8 Å². The highest BCUT2D eigenvalue weighted by Crippen LogP contribution is 2.46. The second kappa shape index (κ2) is 9.93. The SMILES string of the molecule is CCSc1cc(Br)c(Sc2c(Br)cc(SCC)cc2Br)c(Br)c1. The Bertz CT molecular complexity index is 598. The number of rotatable bonds is 6. The topological polar surface area (TPSA) is 0 Å². The summed E-state index contributed by atoms with van der Waals surface area (Å²) >= 11 is 20.3. The molecule has 0 atom stereocenters. The van der Waals surface area contributed by atoms with E-state index in [2.05, 4.69) is 102 Å². The normalized spacial score (nSPS) is 11.0. The molecule has 0 aliphatic rings. The van der Waals surface area contributed by atoms with Crippen molar-refractivity contribution in [2.24, 2.45) is 0 Å². The van der Waals surface area contributed by atoms with Crippen LogP contribution in [0, 0.1) is 0 Å². The van der Waals surface area contributed by atoms with Crippen LogP contribution in [-0.4, -0.2) is 11.5 Å². The average Bonchev–Trinajstić information content (AvgIpc) is 2.45. The van der Waals surface area contributed by atoms with Crippen molar-refractivity contribution < 1.29 is 0 Å². The highest BCUT2D eigenvalue weighted by molar-refractivity contribution is 9.11. The van der Waals surface area contributed by atoms with Crippen molar-refractivity contribution in [3.8, 4) is 0 Å². The summed E-state index contributed by atoms with van der Waals surface area (Å²) in [4.78, 5) is 4.90. The quantitative estimate of drug-likeness (QED) is 0.295. The highest BCUT2D eigenvalue weighted by atomic mass is 79.9. The smallest absolute Gasteiger partial charge is 0.0408 e. The second-order valence-electron chi connectivity index (χ2n) is 4.40. The van der Waals surface area contributed by atoms with E-state index in [4.69, 9.17) is 0 Å². The zero-order valence-corrected chi connectivity index (χ0v) is 21.3. The molecular formula is C16H14Br4S3. The van der Waals surface area contributed by atoms with Crippen LogP contribution < -0.4 is 0 Å². The number of hydrogen-bond acceptors (Lipinski definition) is 3. The molecule has 0 N–H and O–H groups in total. The average molecular weight is 622 g/mol. The molecular weight excluding hydrogens is 608 g/mol. The molecule has 0 saturated heterocycles. The lowest BCUT2D eigenvalue weighted by molar-refractivity contribution is 1.23. The lowest BCUT2D eigenvalue weighted by atomic mass is 10.4. The molecule has 0 saturated carbocycles. The monoisotopic (exact) mass is 618 g/mol. The Morgan fingerprint density at radius 1 is 0.652 bits per heavy atom. The number of halogens is 4. The molecule has 0 spiro atoms. The van der Waals surface area contributed by atoms with Gasteiger partial charge in [0.2, 0.25) is 0 Å². The van der Waals surface area contributed by atoms with Gasteiger partial charge in [-0.05, 0) is 99.5 Å². The van der Waals surface area contributed by atoms with E-state index in [0.29, 0.717) is 0 Å². The van der Waals surface area contributed by atoms with Gasteiger partial charge in [0.05, 0.1) is 0 Å². The number of hydrogen-bond donors (Lipinski definition) is 0. The fraction of sp³-hybridized carbons (Fsp3) is 0.250. The summed E-state index contributed by atoms with van der Waals surface area (Å²) in [6.07, 6.45) is 0. The Hall–Kier alpha value is 1.41. The summed E-state index contributed by atoms with van der Waals surface area (Å²) in [5.74, 6) is 2.14. The molecule has 0 amide bonds. The largest absolute Gasteiger partial charge is 0.126 e. The zero-order chi connectivity index (χ0) is 17.0. The molecule has 0 nitrogen and oxygen atoms in total. The zero-order valence-electron chi connectivity index (χ0n) is 12.5. The van der Waals surface area contributed by atoms with E-state index in [1.807, 2.05) is 23.5 Å². The maximum absolute atomic E-state index is 3.72. The van der Waals surface area contributed by atoms with Gasteiger partial charge in [-0.15, -0.1) is 23.5 Å². The Morgan fingerprint density at radius 2 is 0.957 bits per heavy atom. The summed E-state index contributed by atoms with van der Waals surface area (Å²) in [7, 11) is 0. The van der Waals surface area contributed by atoms with Crippen molar-refractivity contribution in [3.63, 3.8) is 0 Å². The van der Waals surface area contributed by atoms with Crippen LogP contribution in [-0.2, 0) is 0 Å². The van der Waals surface area contributed by atoms with Crippen LogP contribution in [0.5, 0.6) is 0 Å². The molecule has 0 aromatic heterocycles. The van der Waals surface area contributed by atoms with Crippen LogP contribution in [0.2, 0.25) is 0 Å². The van der Waals surface area contributed by atoms with Crippen LogP contribution in [0.25, 0.3) is 0 Å². The van der Waals surface area contributed by atoms with E-state index in [1.165, 1.54) is 19.6 Å². The Kier molecular flexibility index (Phi) is 8.94. The van der Waals surface area contributed by atoms with E-state index in [9.17, 15) is 0 Å². The maximum Gasteiger partial charge on any atom is 0.0408 e. The molecule has 2 aromatic carbocycles. The number of benzene rings is 2. The van der Waals surface area contributed by atoms with Gasteiger partial charge in [0.1, 0.15) is 0 Å². The molecule has 7 heteroatoms. The van der Waals surface area contributed by atoms with Crippen LogP contribution in [0.4, 0.5) is 0 Å². The minimum absolute atomic E-state index is 1.07. The van der Waals surface area contributed by atoms with Crippen molar-refractivity contribution in [3.05, 3.63) is 42.2 Å². The Balaban J connectivity index is 2.36. The van der Waals surface area contributed by atoms with Gasteiger partial charge in [0, 0.05) is 37.5 Å². The van der Waals surface area contributed by atoms with Gasteiger partial charge in [-0.1, -0.05) is 25.6 Å². The van der Waals surface area contributed by atoms with Crippen molar-refractivity contribution in [1.29, 1.82) is 0 Å². The molecule has 23 heavy (non-hydrogen) atoms. The van der Waals surface area contributed by atoms with E-state index >= 15 is 0 Å². The van der Waals surface area contributed by atoms with Crippen molar-refractivity contribution in [2.75, 3.05) is 11.5 Å². The third-order valence-corrected chi connectivity index (χ3v) is 9.32. The van der Waals surface area contributed by atoms with Gasteiger partial charge in [0.15, 0.2) is 0 Å². The molecule has 0 aliphatic carbocycles. The van der Waals surface area contributed by atoms with Crippen LogP contribution in [0.3, 0.4) is 0 Å². The summed E-state index contributed by atoms with van der Waals surface area (Å²) in [6.45, 7) is 4.33. The highest BCUT2D eigenvalue weighted by Gasteiger charge is 2.15. The first-order valence-corrected chi connectivity index (χ1v) is 12.8. The van der Waals surface area contributed by atoms with Gasteiger partial charge >= 0.3 is 0 Å². The predicted octanol–water partition coefficient (Wildman–Crippen LogP) is 9.11. The maximum atomic E-state index is 3.72. The van der Waals surface area contributed by atoms with Gasteiger partial charge in [0.25, 0.3) is 0 Å². The van der Waals surface area contributed by atoms with E-state index < -0.39 is 0 Å². The minimum Gasteiger partial charge on any atom is -0.126 e. The summed E-state index contributed by atoms with van der Waals surface area (Å²) in [6, 6.07) is 8.74. The Morgan fingerprint density at radius 3 is 1.22 bits per heavy atom. The fourth-order valence-electron chi connectivity index (χ4n) is 1.87. The first kappa shape index (κ1) is 20.7. The van der Waals surface area contributed by atoms with E-state index in [1.54, 1.807) is 11.8 Å². The molecule has 124 valence electrons. The third-order valence-electron chi connectivity index (χ3n) is 2.77. The molecule has 0 fully saturated rings. The third kappa shape index (κ3) is 5.69. The molecule has 0 heterocycles. The van der Waals surface area contributed by atoms with Crippen molar-refractivity contribution in [2.45, 2.75) is 33.4 Å². The van der Waals surface area contributed by atoms with Gasteiger partial charge < -0.3 is 0 Å². The van der Waals surface area contributed by atoms with E-state index in [0.717, 1.165) is 29.4 Å². The Labute approximate surface area is 184 Å². The van der Waals surface area contributed by atoms with Crippen LogP contribution in [0.15, 0.2) is 61.7 Å². The summed E-state index contributed by atoms with van der Waals surface area (Å²) < 4.78 is 4.44. The van der Waals surface area contributed by atoms with Crippen molar-refractivity contribution >= 4 is 99.0 Å². The summed E-state index contributed by atoms with van der Waals surface area (Å²) in [5.41, 5.74) is 0. The lowest BCUT2D eigenvalue weighted by Crippen LogP contribution is -1.85. The minimum atomic E-state index is 1.07. The first-order chi connectivity index (χ1) is 11.0. The first-order valence-electron chi connectivity index (χ1n) is 6.87. The molecule has 0 aliphatic heterocycles. The van der Waals surface area contributed by atoms with Gasteiger partial charge in [-0.3, -0.25) is 0 Å². The van der Waals surface area contributed by atoms with Gasteiger partial charge in [-0.2, -0.15) is 0 Å². The summed E-state index contributed by atoms with van der Waals surface area (Å²) in [5, 5.41) is 0. The second-order valence-corrected chi connectivity index (χ2v) is 11.5. The van der Waals surface area contributed by atoms with Crippen LogP contribution >= 0.6 is 99.0 Å². The van der Waals surface area contributed by atoms with Crippen molar-refractivity contribution in [1.82, 2.24) is 0 Å². The molecule has 0 unspecified atom stereocenters. The molecule has 0 radical (unpaired) electrons. The number of thioether (sulfide) groups is 2. The fourth-order valence-corrected chi connectivity index (χ4v) is 8.12. The predicted molar refractivity (Wildman–Crippen MR) is 121 cm³/mol. The molecule has 2 rings (SSSR count). The van der Waals surface area contributed by atoms with E-state index in [-0.39, 0.29) is 0 Å². The standard InChI is InChI=1S/C16H14Br4S3/c1-3-21-9-5-11(17)15(12(18)6-9)23-16-13(19)7-10(22-4-2)8-14(16)20/h5-8H,3-4H2,1-2H3. The lowest BCUT2D eigenvalue weighted by Gasteiger charge is -2.13. The molecule has 2 aromatic rings. The van der Waals surface area contributed by atoms with Gasteiger partial charge in [-0.25, -0.2) is 0 Å².